The molecule has 0 aliphatic carbocycles. The summed E-state index contributed by atoms with van der Waals surface area (Å²) in [4.78, 5) is 22.4. The van der Waals surface area contributed by atoms with Gasteiger partial charge >= 0.3 is 0 Å². The van der Waals surface area contributed by atoms with Crippen molar-refractivity contribution in [2.24, 2.45) is 0 Å². The number of Topliss-reactive ketones (excluding diaryl/α,β-unsaturated/α-hetero) is 2. The van der Waals surface area contributed by atoms with Crippen LogP contribution in [0.5, 0.6) is 0 Å². The number of ketones is 2. The SMILES string of the molecule is C.CC.CC(=O)c1ccc2cc(C(C)=O)ccc2c1. The Bertz CT molecular complexity index is 530. The number of benzene rings is 2. The fourth-order valence-electron chi connectivity index (χ4n) is 1.68. The lowest BCUT2D eigenvalue weighted by atomic mass is 10.0. The van der Waals surface area contributed by atoms with E-state index in [-0.39, 0.29) is 19.0 Å². The van der Waals surface area contributed by atoms with Gasteiger partial charge < -0.3 is 0 Å². The molecule has 0 amide bonds. The summed E-state index contributed by atoms with van der Waals surface area (Å²) in [6.45, 7) is 7.09. The molecule has 0 saturated carbocycles. The van der Waals surface area contributed by atoms with Gasteiger partial charge in [0.2, 0.25) is 0 Å². The lowest BCUT2D eigenvalue weighted by Gasteiger charge is -2.02. The van der Waals surface area contributed by atoms with Crippen LogP contribution < -0.4 is 0 Å². The largest absolute Gasteiger partial charge is 0.295 e. The van der Waals surface area contributed by atoms with Crippen LogP contribution in [0.1, 0.15) is 55.8 Å². The van der Waals surface area contributed by atoms with Gasteiger partial charge in [0.05, 0.1) is 0 Å². The summed E-state index contributed by atoms with van der Waals surface area (Å²) in [7, 11) is 0. The molecule has 0 bridgehead atoms. The fraction of sp³-hybridized carbons (Fsp3) is 0.294. The molecular weight excluding hydrogens is 236 g/mol. The number of carbonyl (C=O) groups excluding carboxylic acids is 2. The van der Waals surface area contributed by atoms with E-state index < -0.39 is 0 Å². The van der Waals surface area contributed by atoms with Gasteiger partial charge in [-0.15, -0.1) is 0 Å². The van der Waals surface area contributed by atoms with Gasteiger partial charge in [0.25, 0.3) is 0 Å². The van der Waals surface area contributed by atoms with Crippen molar-refractivity contribution < 1.29 is 9.59 Å². The Labute approximate surface area is 115 Å². The summed E-state index contributed by atoms with van der Waals surface area (Å²) in [6, 6.07) is 11.0. The van der Waals surface area contributed by atoms with E-state index in [2.05, 4.69) is 0 Å². The molecular formula is C17H22O2. The third-order valence-corrected chi connectivity index (χ3v) is 2.65. The third kappa shape index (κ3) is 4.02. The lowest BCUT2D eigenvalue weighted by Crippen LogP contribution is -1.93. The lowest BCUT2D eigenvalue weighted by molar-refractivity contribution is 0.100. The summed E-state index contributed by atoms with van der Waals surface area (Å²) in [5.74, 6) is 0.107. The highest BCUT2D eigenvalue weighted by atomic mass is 16.1. The topological polar surface area (TPSA) is 34.1 Å². The molecule has 0 aliphatic rings. The molecule has 0 radical (unpaired) electrons. The zero-order valence-corrected chi connectivity index (χ0v) is 11.3. The smallest absolute Gasteiger partial charge is 0.159 e. The molecule has 0 spiro atoms. The van der Waals surface area contributed by atoms with Crippen LogP contribution in [-0.2, 0) is 0 Å². The maximum absolute atomic E-state index is 11.2. The molecule has 0 fully saturated rings. The molecule has 0 heterocycles. The number of fused-ring (bicyclic) bond motifs is 1. The van der Waals surface area contributed by atoms with Crippen LogP contribution in [0.3, 0.4) is 0 Å². The van der Waals surface area contributed by atoms with Crippen molar-refractivity contribution in [2.45, 2.75) is 35.1 Å². The summed E-state index contributed by atoms with van der Waals surface area (Å²) in [6.07, 6.45) is 0. The van der Waals surface area contributed by atoms with Crippen LogP contribution in [-0.4, -0.2) is 11.6 Å². The van der Waals surface area contributed by atoms with E-state index in [1.54, 1.807) is 26.0 Å². The summed E-state index contributed by atoms with van der Waals surface area (Å²) in [5.41, 5.74) is 1.39. The van der Waals surface area contributed by atoms with Crippen molar-refractivity contribution in [3.63, 3.8) is 0 Å². The van der Waals surface area contributed by atoms with E-state index in [0.29, 0.717) is 11.1 Å². The van der Waals surface area contributed by atoms with Crippen LogP contribution in [0.15, 0.2) is 36.4 Å². The third-order valence-electron chi connectivity index (χ3n) is 2.65. The normalized spacial score (nSPS) is 9.05. The second kappa shape index (κ2) is 7.47. The molecule has 19 heavy (non-hydrogen) atoms. The van der Waals surface area contributed by atoms with E-state index in [4.69, 9.17) is 0 Å². The van der Waals surface area contributed by atoms with E-state index in [1.807, 2.05) is 38.1 Å². The highest BCUT2D eigenvalue weighted by Crippen LogP contribution is 2.18. The molecule has 0 aliphatic heterocycles. The molecule has 2 heteroatoms. The number of hydrogen-bond acceptors (Lipinski definition) is 2. The summed E-state index contributed by atoms with van der Waals surface area (Å²) in [5, 5.41) is 1.97. The molecule has 0 N–H and O–H groups in total. The second-order valence-electron chi connectivity index (χ2n) is 3.89. The van der Waals surface area contributed by atoms with Crippen molar-refractivity contribution >= 4 is 22.3 Å². The molecule has 102 valence electrons. The predicted octanol–water partition coefficient (Wildman–Crippen LogP) is 4.91. The molecule has 2 rings (SSSR count). The minimum absolute atomic E-state index is 0. The number of hydrogen-bond donors (Lipinski definition) is 0. The number of rotatable bonds is 2. The molecule has 2 nitrogen and oxygen atoms in total. The predicted molar refractivity (Wildman–Crippen MR) is 82.0 cm³/mol. The minimum atomic E-state index is 0. The van der Waals surface area contributed by atoms with Crippen LogP contribution in [0.2, 0.25) is 0 Å². The van der Waals surface area contributed by atoms with E-state index in [9.17, 15) is 9.59 Å². The highest BCUT2D eigenvalue weighted by Gasteiger charge is 2.03. The van der Waals surface area contributed by atoms with Gasteiger partial charge in [-0.25, -0.2) is 0 Å². The summed E-state index contributed by atoms with van der Waals surface area (Å²) < 4.78 is 0. The Balaban J connectivity index is 0.00000103. The maximum atomic E-state index is 11.2. The van der Waals surface area contributed by atoms with E-state index in [1.165, 1.54) is 0 Å². The Morgan fingerprint density at radius 3 is 1.32 bits per heavy atom. The minimum Gasteiger partial charge on any atom is -0.295 e. The van der Waals surface area contributed by atoms with Crippen LogP contribution in [0, 0.1) is 0 Å². The van der Waals surface area contributed by atoms with Crippen LogP contribution >= 0.6 is 0 Å². The Morgan fingerprint density at radius 2 is 1.05 bits per heavy atom. The van der Waals surface area contributed by atoms with Crippen molar-refractivity contribution in [3.8, 4) is 0 Å². The average molecular weight is 258 g/mol. The van der Waals surface area contributed by atoms with E-state index in [0.717, 1.165) is 10.8 Å². The molecule has 0 aromatic heterocycles. The quantitative estimate of drug-likeness (QED) is 0.717. The summed E-state index contributed by atoms with van der Waals surface area (Å²) >= 11 is 0. The van der Waals surface area contributed by atoms with Crippen LogP contribution in [0.4, 0.5) is 0 Å². The van der Waals surface area contributed by atoms with Gasteiger partial charge in [-0.2, -0.15) is 0 Å². The first-order chi connectivity index (χ1) is 8.58. The van der Waals surface area contributed by atoms with Crippen molar-refractivity contribution in [2.75, 3.05) is 0 Å². The first-order valence-corrected chi connectivity index (χ1v) is 6.13. The van der Waals surface area contributed by atoms with Gasteiger partial charge in [-0.1, -0.05) is 45.5 Å². The highest BCUT2D eigenvalue weighted by molar-refractivity contribution is 6.01. The van der Waals surface area contributed by atoms with Crippen molar-refractivity contribution in [3.05, 3.63) is 47.5 Å². The van der Waals surface area contributed by atoms with Gasteiger partial charge in [-0.05, 0) is 36.8 Å². The zero-order valence-electron chi connectivity index (χ0n) is 11.3. The van der Waals surface area contributed by atoms with Gasteiger partial charge in [-0.3, -0.25) is 9.59 Å². The standard InChI is InChI=1S/C14H12O2.C2H6.CH4/c1-9(15)11-3-5-14-8-12(10(2)16)4-6-13(14)7-11;1-2;/h3-8H,1-2H3;1-2H3;1H4. The zero-order chi connectivity index (χ0) is 13.7. The first kappa shape index (κ1) is 17.0. The molecule has 2 aromatic rings. The van der Waals surface area contributed by atoms with Crippen molar-refractivity contribution in [1.29, 1.82) is 0 Å². The van der Waals surface area contributed by atoms with Gasteiger partial charge in [0, 0.05) is 11.1 Å². The number of carbonyl (C=O) groups is 2. The first-order valence-electron chi connectivity index (χ1n) is 6.13. The maximum Gasteiger partial charge on any atom is 0.159 e. The van der Waals surface area contributed by atoms with E-state index >= 15 is 0 Å². The van der Waals surface area contributed by atoms with Gasteiger partial charge in [0.15, 0.2) is 11.6 Å². The Hall–Kier alpha value is -1.96. The molecule has 0 unspecified atom stereocenters. The monoisotopic (exact) mass is 258 g/mol. The molecule has 0 atom stereocenters. The fourth-order valence-corrected chi connectivity index (χ4v) is 1.68. The van der Waals surface area contributed by atoms with Gasteiger partial charge in [0.1, 0.15) is 0 Å². The van der Waals surface area contributed by atoms with Crippen molar-refractivity contribution in [1.82, 2.24) is 0 Å². The molecule has 0 saturated heterocycles. The average Bonchev–Trinajstić information content (AvgIpc) is 2.39. The molecule has 2 aromatic carbocycles. The second-order valence-corrected chi connectivity index (χ2v) is 3.89. The Kier molecular flexibility index (Phi) is 6.70. The van der Waals surface area contributed by atoms with Crippen LogP contribution in [0.25, 0.3) is 10.8 Å². The Morgan fingerprint density at radius 1 is 0.737 bits per heavy atom.